The van der Waals surface area contributed by atoms with E-state index in [2.05, 4.69) is 20.8 Å². The summed E-state index contributed by atoms with van der Waals surface area (Å²) in [6.07, 6.45) is 0. The third-order valence-corrected chi connectivity index (χ3v) is 6.62. The molecule has 0 bridgehead atoms. The topological polar surface area (TPSA) is 97.1 Å². The molecule has 0 aliphatic carbocycles. The number of aromatic nitrogens is 2. The Balaban J connectivity index is 1.55. The summed E-state index contributed by atoms with van der Waals surface area (Å²) >= 11 is 8.89. The number of amides is 2. The molecule has 4 rings (SSSR count). The van der Waals surface area contributed by atoms with Crippen LogP contribution in [-0.4, -0.2) is 22.0 Å². The highest BCUT2D eigenvalue weighted by Crippen LogP contribution is 2.35. The van der Waals surface area contributed by atoms with Gasteiger partial charge in [-0.2, -0.15) is 0 Å². The average Bonchev–Trinajstić information content (AvgIpc) is 3.46. The summed E-state index contributed by atoms with van der Waals surface area (Å²) in [6, 6.07) is 8.04. The summed E-state index contributed by atoms with van der Waals surface area (Å²) in [4.78, 5) is 30.4. The number of carbonyl (C=O) groups excluding carboxylic acids is 2. The van der Waals surface area contributed by atoms with Crippen molar-refractivity contribution >= 4 is 51.2 Å². The fraction of sp³-hybridized carbons (Fsp3) is 0.143. The first-order valence-electron chi connectivity index (χ1n) is 9.34. The minimum Gasteiger partial charge on any atom is -0.360 e. The molecule has 0 saturated heterocycles. The first-order chi connectivity index (χ1) is 15.3. The number of benzene rings is 1. The van der Waals surface area contributed by atoms with Crippen molar-refractivity contribution in [2.24, 2.45) is 0 Å². The Morgan fingerprint density at radius 3 is 2.81 bits per heavy atom. The van der Waals surface area contributed by atoms with Gasteiger partial charge >= 0.3 is 0 Å². The van der Waals surface area contributed by atoms with Crippen LogP contribution in [-0.2, 0) is 11.3 Å². The molecule has 0 spiro atoms. The Bertz CT molecular complexity index is 1290. The maximum absolute atomic E-state index is 14.4. The van der Waals surface area contributed by atoms with Crippen molar-refractivity contribution in [2.75, 3.05) is 5.32 Å². The number of carbonyl (C=O) groups is 2. The highest BCUT2D eigenvalue weighted by molar-refractivity contribution is 7.17. The SMILES string of the molecule is CC(=O)NCc1ccc(-c2csc(NC(=O)c3c(-c4c(F)cccc4Cl)noc3C)n2)s1. The summed E-state index contributed by atoms with van der Waals surface area (Å²) in [5.74, 6) is -1.01. The van der Waals surface area contributed by atoms with E-state index in [1.54, 1.807) is 6.92 Å². The van der Waals surface area contributed by atoms with Crippen LogP contribution in [0, 0.1) is 12.7 Å². The second kappa shape index (κ2) is 9.19. The van der Waals surface area contributed by atoms with Gasteiger partial charge in [0.05, 0.1) is 27.7 Å². The Labute approximate surface area is 195 Å². The normalized spacial score (nSPS) is 10.9. The van der Waals surface area contributed by atoms with Crippen LogP contribution in [0.3, 0.4) is 0 Å². The molecular weight excluding hydrogens is 475 g/mol. The zero-order chi connectivity index (χ0) is 22.8. The number of aryl methyl sites for hydroxylation is 1. The molecule has 0 atom stereocenters. The van der Waals surface area contributed by atoms with E-state index in [9.17, 15) is 14.0 Å². The molecule has 3 aromatic heterocycles. The summed E-state index contributed by atoms with van der Waals surface area (Å²) in [5.41, 5.74) is 0.813. The number of hydrogen-bond donors (Lipinski definition) is 2. The molecule has 164 valence electrons. The Morgan fingerprint density at radius 2 is 2.06 bits per heavy atom. The zero-order valence-corrected chi connectivity index (χ0v) is 19.3. The molecule has 3 heterocycles. The molecule has 7 nitrogen and oxygen atoms in total. The Hall–Kier alpha value is -3.08. The number of rotatable bonds is 6. The zero-order valence-electron chi connectivity index (χ0n) is 16.9. The number of nitrogens with zero attached hydrogens (tertiary/aromatic N) is 2. The minimum atomic E-state index is -0.607. The van der Waals surface area contributed by atoms with Crippen LogP contribution in [0.25, 0.3) is 21.8 Å². The summed E-state index contributed by atoms with van der Waals surface area (Å²) in [6.45, 7) is 3.48. The Morgan fingerprint density at radius 1 is 1.25 bits per heavy atom. The fourth-order valence-corrected chi connectivity index (χ4v) is 4.90. The molecule has 0 unspecified atom stereocenters. The average molecular weight is 491 g/mol. The van der Waals surface area contributed by atoms with Gasteiger partial charge in [0.15, 0.2) is 5.13 Å². The van der Waals surface area contributed by atoms with E-state index in [1.165, 1.54) is 47.8 Å². The summed E-state index contributed by atoms with van der Waals surface area (Å²) in [5, 5.41) is 11.6. The van der Waals surface area contributed by atoms with Crippen LogP contribution in [0.2, 0.25) is 5.02 Å². The lowest BCUT2D eigenvalue weighted by molar-refractivity contribution is -0.119. The first kappa shape index (κ1) is 22.1. The third kappa shape index (κ3) is 4.57. The first-order valence-corrected chi connectivity index (χ1v) is 11.4. The minimum absolute atomic E-state index is 0.00118. The number of halogens is 2. The second-order valence-corrected chi connectivity index (χ2v) is 9.16. The van der Waals surface area contributed by atoms with E-state index in [1.807, 2.05) is 17.5 Å². The van der Waals surface area contributed by atoms with Gasteiger partial charge in [0.25, 0.3) is 5.91 Å². The van der Waals surface area contributed by atoms with E-state index in [0.717, 1.165) is 9.75 Å². The molecule has 0 saturated carbocycles. The molecule has 2 N–H and O–H groups in total. The standard InChI is InChI=1S/C21H16ClFN4O3S2/c1-10-17(19(27-30-10)18-13(22)4-3-5-14(18)23)20(29)26-21-25-15(9-31-21)16-7-6-12(32-16)8-24-11(2)28/h3-7,9H,8H2,1-2H3,(H,24,28)(H,25,26,29). The van der Waals surface area contributed by atoms with Gasteiger partial charge in [-0.25, -0.2) is 9.37 Å². The molecule has 0 aliphatic rings. The van der Waals surface area contributed by atoms with E-state index in [-0.39, 0.29) is 33.5 Å². The van der Waals surface area contributed by atoms with E-state index < -0.39 is 11.7 Å². The highest BCUT2D eigenvalue weighted by Gasteiger charge is 2.26. The van der Waals surface area contributed by atoms with Crippen molar-refractivity contribution in [2.45, 2.75) is 20.4 Å². The monoisotopic (exact) mass is 490 g/mol. The molecule has 4 aromatic rings. The van der Waals surface area contributed by atoms with Gasteiger partial charge in [-0.1, -0.05) is 22.8 Å². The number of hydrogen-bond acceptors (Lipinski definition) is 7. The van der Waals surface area contributed by atoms with E-state index >= 15 is 0 Å². The van der Waals surface area contributed by atoms with Crippen molar-refractivity contribution in [1.82, 2.24) is 15.5 Å². The summed E-state index contributed by atoms with van der Waals surface area (Å²) < 4.78 is 19.5. The molecular formula is C21H16ClFN4O3S2. The van der Waals surface area contributed by atoms with Gasteiger partial charge in [-0.05, 0) is 31.2 Å². The van der Waals surface area contributed by atoms with Crippen molar-refractivity contribution in [3.8, 4) is 21.8 Å². The lowest BCUT2D eigenvalue weighted by Gasteiger charge is -2.05. The van der Waals surface area contributed by atoms with Crippen LogP contribution >= 0.6 is 34.3 Å². The van der Waals surface area contributed by atoms with Crippen LogP contribution < -0.4 is 10.6 Å². The molecule has 0 aliphatic heterocycles. The number of thiophene rings is 1. The number of anilines is 1. The number of thiazole rings is 1. The van der Waals surface area contributed by atoms with Crippen LogP contribution in [0.4, 0.5) is 9.52 Å². The summed E-state index contributed by atoms with van der Waals surface area (Å²) in [7, 11) is 0. The maximum atomic E-state index is 14.4. The van der Waals surface area contributed by atoms with Gasteiger partial charge in [-0.15, -0.1) is 22.7 Å². The molecule has 0 radical (unpaired) electrons. The fourth-order valence-electron chi connectivity index (χ4n) is 2.96. The quantitative estimate of drug-likeness (QED) is 0.371. The van der Waals surface area contributed by atoms with Gasteiger partial charge in [0.1, 0.15) is 22.8 Å². The van der Waals surface area contributed by atoms with Crippen molar-refractivity contribution < 1.29 is 18.5 Å². The molecule has 32 heavy (non-hydrogen) atoms. The van der Waals surface area contributed by atoms with Crippen LogP contribution in [0.15, 0.2) is 40.2 Å². The molecule has 1 aromatic carbocycles. The lowest BCUT2D eigenvalue weighted by Crippen LogP contribution is -2.17. The van der Waals surface area contributed by atoms with Gasteiger partial charge in [-0.3, -0.25) is 14.9 Å². The van der Waals surface area contributed by atoms with Crippen LogP contribution in [0.1, 0.15) is 27.9 Å². The van der Waals surface area contributed by atoms with E-state index in [0.29, 0.717) is 17.4 Å². The van der Waals surface area contributed by atoms with Gasteiger partial charge in [0.2, 0.25) is 5.91 Å². The maximum Gasteiger partial charge on any atom is 0.263 e. The highest BCUT2D eigenvalue weighted by atomic mass is 35.5. The Kier molecular flexibility index (Phi) is 6.35. The third-order valence-electron chi connectivity index (χ3n) is 4.44. The molecule has 2 amide bonds. The van der Waals surface area contributed by atoms with Crippen molar-refractivity contribution in [3.63, 3.8) is 0 Å². The predicted molar refractivity (Wildman–Crippen MR) is 123 cm³/mol. The molecule has 0 fully saturated rings. The molecule has 11 heteroatoms. The van der Waals surface area contributed by atoms with Crippen molar-refractivity contribution in [1.29, 1.82) is 0 Å². The largest absolute Gasteiger partial charge is 0.360 e. The lowest BCUT2D eigenvalue weighted by atomic mass is 10.1. The number of nitrogens with one attached hydrogen (secondary N) is 2. The predicted octanol–water partition coefficient (Wildman–Crippen LogP) is 5.52. The smallest absolute Gasteiger partial charge is 0.263 e. The van der Waals surface area contributed by atoms with Crippen molar-refractivity contribution in [3.05, 3.63) is 62.8 Å². The van der Waals surface area contributed by atoms with Gasteiger partial charge in [0, 0.05) is 17.2 Å². The van der Waals surface area contributed by atoms with Crippen LogP contribution in [0.5, 0.6) is 0 Å². The second-order valence-electron chi connectivity index (χ2n) is 6.73. The van der Waals surface area contributed by atoms with Gasteiger partial charge < -0.3 is 9.84 Å². The van der Waals surface area contributed by atoms with E-state index in [4.69, 9.17) is 16.1 Å².